The molecule has 16 heteroatoms. The number of nitrogens with zero attached hydrogens (tertiary/aromatic N) is 2. The average Bonchev–Trinajstić information content (AvgIpc) is 3.53. The maximum absolute atomic E-state index is 14.1. The molecule has 1 aliphatic heterocycles. The number of hydrogen-bond acceptors (Lipinski definition) is 6. The quantitative estimate of drug-likeness (QED) is 0.230. The molecule has 1 saturated heterocycles. The fourth-order valence-corrected chi connectivity index (χ4v) is 6.51. The normalized spacial score (nSPS) is 25.9. The highest BCUT2D eigenvalue weighted by molar-refractivity contribution is 8.45. The van der Waals surface area contributed by atoms with Gasteiger partial charge in [0.2, 0.25) is 11.8 Å². The second-order valence-corrected chi connectivity index (χ2v) is 14.1. The lowest BCUT2D eigenvalue weighted by Crippen LogP contribution is -2.46. The molecule has 2 unspecified atom stereocenters. The van der Waals surface area contributed by atoms with Gasteiger partial charge in [0.25, 0.3) is 0 Å². The van der Waals surface area contributed by atoms with Crippen molar-refractivity contribution in [2.45, 2.75) is 79.4 Å². The van der Waals surface area contributed by atoms with Crippen molar-refractivity contribution in [3.63, 3.8) is 0 Å². The molecular formula is C27H30F7N5O3S. The number of rotatable bonds is 8. The van der Waals surface area contributed by atoms with Crippen LogP contribution in [0.15, 0.2) is 47.9 Å². The van der Waals surface area contributed by atoms with E-state index in [9.17, 15) is 42.9 Å². The summed E-state index contributed by atoms with van der Waals surface area (Å²) in [5.41, 5.74) is -0.787. The summed E-state index contributed by atoms with van der Waals surface area (Å²) in [6.45, 7) is 1.48. The highest BCUT2D eigenvalue weighted by Gasteiger charge is 2.65. The molecule has 0 radical (unpaired) electrons. The van der Waals surface area contributed by atoms with Crippen molar-refractivity contribution in [1.82, 2.24) is 25.6 Å². The van der Waals surface area contributed by atoms with E-state index in [0.717, 1.165) is 12.1 Å². The van der Waals surface area contributed by atoms with Crippen LogP contribution in [0.25, 0.3) is 11.0 Å². The van der Waals surface area contributed by atoms with Crippen molar-refractivity contribution in [3.8, 4) is 0 Å². The van der Waals surface area contributed by atoms with Gasteiger partial charge in [-0.2, -0.15) is 0 Å². The number of nitrogens with one attached hydrogen (secondary N) is 3. The fraction of sp³-hybridized carbons (Fsp3) is 0.481. The monoisotopic (exact) mass is 637 g/mol. The number of halogens is 7. The molecule has 3 aromatic rings. The number of pyridine rings is 1. The van der Waals surface area contributed by atoms with E-state index in [4.69, 9.17) is 0 Å². The summed E-state index contributed by atoms with van der Waals surface area (Å²) in [5, 5.41) is 16.1. The molecule has 236 valence electrons. The number of β-amino-alcohol motifs (C(OH)–C–C–N with tert-alkyl or cyclic N) is 1. The van der Waals surface area contributed by atoms with Crippen LogP contribution in [0.5, 0.6) is 0 Å². The number of benzene rings is 1. The Morgan fingerprint density at radius 3 is 2.28 bits per heavy atom. The first-order valence-corrected chi connectivity index (χ1v) is 15.5. The van der Waals surface area contributed by atoms with Crippen LogP contribution in [-0.4, -0.2) is 61.9 Å². The number of H-pyrrole nitrogens is 1. The van der Waals surface area contributed by atoms with Crippen molar-refractivity contribution in [1.29, 1.82) is 0 Å². The van der Waals surface area contributed by atoms with Gasteiger partial charge in [0, 0.05) is 37.2 Å². The minimum absolute atomic E-state index is 0.00291. The summed E-state index contributed by atoms with van der Waals surface area (Å²) in [6, 6.07) is 0.0511. The third kappa shape index (κ3) is 6.80. The number of imidazole rings is 1. The van der Waals surface area contributed by atoms with E-state index in [2.05, 4.69) is 25.6 Å². The number of aromatic amines is 1. The van der Waals surface area contributed by atoms with Gasteiger partial charge in [-0.3, -0.25) is 14.6 Å². The van der Waals surface area contributed by atoms with Crippen LogP contribution in [-0.2, 0) is 9.59 Å². The van der Waals surface area contributed by atoms with Crippen molar-refractivity contribution in [3.05, 3.63) is 54.1 Å². The van der Waals surface area contributed by atoms with E-state index >= 15 is 0 Å². The number of carbonyl (C=O) groups is 2. The van der Waals surface area contributed by atoms with Gasteiger partial charge in [0.05, 0.1) is 47.0 Å². The first-order valence-electron chi connectivity index (χ1n) is 13.5. The maximum Gasteiger partial charge on any atom is 0.310 e. The molecule has 0 spiro atoms. The number of hydrogen-bond donors (Lipinski definition) is 4. The Bertz CT molecular complexity index is 1540. The molecule has 5 rings (SSSR count). The summed E-state index contributed by atoms with van der Waals surface area (Å²) >= 11 is 0. The number of Topliss-reactive ketones (excluding diaryl/α,β-unsaturated/α-hetero) is 1. The Kier molecular flexibility index (Phi) is 7.17. The minimum atomic E-state index is -10.1. The summed E-state index contributed by atoms with van der Waals surface area (Å²) < 4.78 is 95.3. The van der Waals surface area contributed by atoms with Gasteiger partial charge in [-0.25, -0.2) is 13.8 Å². The third-order valence-electron chi connectivity index (χ3n) is 8.08. The number of alkyl halides is 2. The van der Waals surface area contributed by atoms with Crippen LogP contribution in [0.2, 0.25) is 0 Å². The lowest BCUT2D eigenvalue weighted by atomic mass is 9.75. The smallest absolute Gasteiger partial charge is 0.310 e. The summed E-state index contributed by atoms with van der Waals surface area (Å²) in [5.74, 6) is -7.45. The van der Waals surface area contributed by atoms with Crippen LogP contribution < -0.4 is 10.6 Å². The summed E-state index contributed by atoms with van der Waals surface area (Å²) in [7, 11) is -10.1. The van der Waals surface area contributed by atoms with Gasteiger partial charge in [-0.1, -0.05) is 31.6 Å². The molecule has 0 bridgehead atoms. The second-order valence-electron chi connectivity index (χ2n) is 11.7. The van der Waals surface area contributed by atoms with E-state index in [-0.39, 0.29) is 54.6 Å². The number of ketones is 1. The molecule has 1 aromatic carbocycles. The second kappa shape index (κ2) is 9.89. The van der Waals surface area contributed by atoms with Crippen molar-refractivity contribution < 1.29 is 42.9 Å². The van der Waals surface area contributed by atoms with Gasteiger partial charge in [-0.05, 0) is 43.9 Å². The predicted molar refractivity (Wildman–Crippen MR) is 145 cm³/mol. The third-order valence-corrected chi connectivity index (χ3v) is 9.24. The molecular weight excluding hydrogens is 607 g/mol. The Balaban J connectivity index is 1.62. The number of amides is 1. The van der Waals surface area contributed by atoms with E-state index < -0.39 is 75.1 Å². The SMILES string of the molecule is C[C@]1(O)CN[C@@H](C(=O)C(c2ccc(S(F)(F)(F)(F)F)cc2)C(C(=O)NC2CCC(F)(F)CC2)c2cncc3[nH]cnc23)C1. The fourth-order valence-electron chi connectivity index (χ4n) is 5.86. The molecule has 2 fully saturated rings. The first kappa shape index (κ1) is 31.2. The predicted octanol–water partition coefficient (Wildman–Crippen LogP) is 5.86. The van der Waals surface area contributed by atoms with E-state index in [1.54, 1.807) is 0 Å². The number of aliphatic hydroxyl groups is 1. The maximum atomic E-state index is 14.1. The Morgan fingerprint density at radius 1 is 1.05 bits per heavy atom. The first-order chi connectivity index (χ1) is 19.7. The molecule has 3 heterocycles. The molecule has 8 nitrogen and oxygen atoms in total. The zero-order chi connectivity index (χ0) is 31.5. The van der Waals surface area contributed by atoms with E-state index in [0.29, 0.717) is 5.52 Å². The largest absolute Gasteiger partial charge is 0.389 e. The minimum Gasteiger partial charge on any atom is -0.389 e. The molecule has 4 atom stereocenters. The Hall–Kier alpha value is -3.24. The number of aromatic nitrogens is 3. The van der Waals surface area contributed by atoms with Crippen LogP contribution >= 0.6 is 10.2 Å². The lowest BCUT2D eigenvalue weighted by Gasteiger charge is -2.40. The summed E-state index contributed by atoms with van der Waals surface area (Å²) in [4.78, 5) is 37.2. The van der Waals surface area contributed by atoms with Crippen molar-refractivity contribution >= 4 is 32.9 Å². The molecule has 2 aliphatic rings. The highest BCUT2D eigenvalue weighted by Crippen LogP contribution is 3.02. The number of carbonyl (C=O) groups excluding carboxylic acids is 2. The van der Waals surface area contributed by atoms with Crippen LogP contribution in [0.3, 0.4) is 0 Å². The van der Waals surface area contributed by atoms with Crippen LogP contribution in [0.4, 0.5) is 28.2 Å². The topological polar surface area (TPSA) is 120 Å². The van der Waals surface area contributed by atoms with Crippen molar-refractivity contribution in [2.75, 3.05) is 6.54 Å². The highest BCUT2D eigenvalue weighted by atomic mass is 32.5. The molecule has 1 aliphatic carbocycles. The van der Waals surface area contributed by atoms with E-state index in [1.165, 1.54) is 25.6 Å². The van der Waals surface area contributed by atoms with Gasteiger partial charge < -0.3 is 20.7 Å². The van der Waals surface area contributed by atoms with Gasteiger partial charge in [-0.15, -0.1) is 0 Å². The molecule has 43 heavy (non-hydrogen) atoms. The van der Waals surface area contributed by atoms with Crippen LogP contribution in [0, 0.1) is 0 Å². The molecule has 1 amide bonds. The Morgan fingerprint density at radius 2 is 1.70 bits per heavy atom. The molecule has 1 saturated carbocycles. The molecule has 2 aromatic heterocycles. The van der Waals surface area contributed by atoms with Gasteiger partial charge in [0.15, 0.2) is 5.78 Å². The lowest BCUT2D eigenvalue weighted by molar-refractivity contribution is -0.130. The molecule has 4 N–H and O–H groups in total. The standard InChI is InChI=1S/C27H30F7N5O3S/c1-26(42)10-19(36-13-26)24(40)21(15-2-4-17(5-3-15)43(30,31,32,33)34)22(18-11-35-12-20-23(18)38-14-37-20)25(41)39-16-6-8-27(28,29)9-7-16/h2-5,11-12,14,16,19,21-22,36,42H,6-10,13H2,1H3,(H,37,38)(H,39,41)/t19-,21?,22?,26-/m1/s1. The zero-order valence-corrected chi connectivity index (χ0v) is 23.6. The van der Waals surface area contributed by atoms with E-state index in [1.807, 2.05) is 0 Å². The van der Waals surface area contributed by atoms with Gasteiger partial charge in [0.1, 0.15) is 4.90 Å². The van der Waals surface area contributed by atoms with Crippen molar-refractivity contribution in [2.24, 2.45) is 0 Å². The van der Waals surface area contributed by atoms with Crippen LogP contribution in [0.1, 0.15) is 62.0 Å². The Labute approximate surface area is 241 Å². The zero-order valence-electron chi connectivity index (χ0n) is 22.8. The van der Waals surface area contributed by atoms with Gasteiger partial charge >= 0.3 is 10.2 Å². The average molecular weight is 638 g/mol. The summed E-state index contributed by atoms with van der Waals surface area (Å²) in [6.07, 6.45) is 2.83. The number of fused-ring (bicyclic) bond motifs is 1.